The Morgan fingerprint density at radius 1 is 1.15 bits per heavy atom. The Morgan fingerprint density at radius 3 is 2.60 bits per heavy atom. The molecule has 5 heteroatoms. The largest absolute Gasteiger partial charge is 0.438 e. The van der Waals surface area contributed by atoms with Gasteiger partial charge in [-0.15, -0.1) is 0 Å². The van der Waals surface area contributed by atoms with Crippen molar-refractivity contribution in [1.29, 1.82) is 0 Å². The van der Waals surface area contributed by atoms with Crippen LogP contribution in [0, 0.1) is 13.8 Å². The van der Waals surface area contributed by atoms with Crippen LogP contribution in [0.5, 0.6) is 11.6 Å². The molecule has 0 atom stereocenters. The smallest absolute Gasteiger partial charge is 0.227 e. The second-order valence-corrected chi connectivity index (χ2v) is 5.88. The van der Waals surface area contributed by atoms with E-state index < -0.39 is 0 Å². The fourth-order valence-corrected chi connectivity index (χ4v) is 2.23. The van der Waals surface area contributed by atoms with E-state index in [9.17, 15) is 0 Å². The summed E-state index contributed by atoms with van der Waals surface area (Å²) in [7, 11) is 0. The molecule has 0 unspecified atom stereocenters. The van der Waals surface area contributed by atoms with Crippen molar-refractivity contribution in [2.75, 3.05) is 0 Å². The summed E-state index contributed by atoms with van der Waals surface area (Å²) in [6.45, 7) is 3.82. The van der Waals surface area contributed by atoms with Gasteiger partial charge in [0.1, 0.15) is 16.7 Å². The second-order valence-electron chi connectivity index (χ2n) is 5.09. The van der Waals surface area contributed by atoms with E-state index in [0.29, 0.717) is 27.7 Å². The van der Waals surface area contributed by atoms with Gasteiger partial charge >= 0.3 is 0 Å². The number of hydrogen-bond acceptors (Lipinski definition) is 3. The van der Waals surface area contributed by atoms with E-state index in [-0.39, 0.29) is 0 Å². The number of rotatable bonds is 3. The lowest BCUT2D eigenvalue weighted by atomic mass is 10.2. The zero-order chi connectivity index (χ0) is 14.3. The lowest BCUT2D eigenvalue weighted by Gasteiger charge is -2.12. The highest BCUT2D eigenvalue weighted by Gasteiger charge is 2.28. The maximum absolute atomic E-state index is 6.17. The molecule has 0 bridgehead atoms. The Labute approximate surface area is 127 Å². The van der Waals surface area contributed by atoms with E-state index >= 15 is 0 Å². The molecule has 0 spiro atoms. The number of nitrogens with zero attached hydrogens (tertiary/aromatic N) is 2. The molecule has 1 aliphatic carbocycles. The number of aromatic nitrogens is 2. The lowest BCUT2D eigenvalue weighted by molar-refractivity contribution is 0.451. The highest BCUT2D eigenvalue weighted by molar-refractivity contribution is 6.30. The molecule has 1 saturated carbocycles. The number of aryl methyl sites for hydroxylation is 1. The maximum Gasteiger partial charge on any atom is 0.227 e. The summed E-state index contributed by atoms with van der Waals surface area (Å²) in [6, 6.07) is 5.53. The van der Waals surface area contributed by atoms with Crippen molar-refractivity contribution in [2.24, 2.45) is 0 Å². The zero-order valence-electron chi connectivity index (χ0n) is 11.3. The highest BCUT2D eigenvalue weighted by atomic mass is 35.5. The summed E-state index contributed by atoms with van der Waals surface area (Å²) in [5.74, 6) is 2.40. The molecular formula is C15H14Cl2N2O. The number of benzene rings is 1. The fourth-order valence-electron chi connectivity index (χ4n) is 1.90. The molecule has 3 nitrogen and oxygen atoms in total. The van der Waals surface area contributed by atoms with Crippen molar-refractivity contribution in [3.63, 3.8) is 0 Å². The molecule has 104 valence electrons. The number of hydrogen-bond donors (Lipinski definition) is 0. The van der Waals surface area contributed by atoms with Gasteiger partial charge in [0.15, 0.2) is 0 Å². The van der Waals surface area contributed by atoms with Gasteiger partial charge in [-0.25, -0.2) is 4.98 Å². The predicted octanol–water partition coefficient (Wildman–Crippen LogP) is 5.07. The van der Waals surface area contributed by atoms with Crippen molar-refractivity contribution in [3.8, 4) is 11.6 Å². The first kappa shape index (κ1) is 13.7. The van der Waals surface area contributed by atoms with Crippen molar-refractivity contribution in [1.82, 2.24) is 9.97 Å². The average Bonchev–Trinajstić information content (AvgIpc) is 3.23. The molecule has 1 aliphatic rings. The summed E-state index contributed by atoms with van der Waals surface area (Å²) >= 11 is 12.2. The van der Waals surface area contributed by atoms with Crippen LogP contribution in [0.2, 0.25) is 10.2 Å². The van der Waals surface area contributed by atoms with Crippen molar-refractivity contribution >= 4 is 23.2 Å². The van der Waals surface area contributed by atoms with Crippen LogP contribution >= 0.6 is 23.2 Å². The SMILES string of the molecule is Cc1ccc(Cl)cc1Oc1nc(C2CC2)nc(Cl)c1C. The molecule has 3 rings (SSSR count). The summed E-state index contributed by atoms with van der Waals surface area (Å²) in [5.41, 5.74) is 1.74. The normalized spacial score (nSPS) is 14.4. The van der Waals surface area contributed by atoms with Gasteiger partial charge in [0.2, 0.25) is 5.88 Å². The lowest BCUT2D eigenvalue weighted by Crippen LogP contribution is -2.00. The van der Waals surface area contributed by atoms with E-state index in [1.54, 1.807) is 6.07 Å². The third-order valence-electron chi connectivity index (χ3n) is 3.36. The van der Waals surface area contributed by atoms with Crippen molar-refractivity contribution in [3.05, 3.63) is 45.3 Å². The third-order valence-corrected chi connectivity index (χ3v) is 3.96. The van der Waals surface area contributed by atoms with Crippen molar-refractivity contribution in [2.45, 2.75) is 32.6 Å². The maximum atomic E-state index is 6.17. The van der Waals surface area contributed by atoms with Gasteiger partial charge in [-0.2, -0.15) is 4.98 Å². The molecule has 0 amide bonds. The minimum absolute atomic E-state index is 0.427. The molecule has 0 N–H and O–H groups in total. The van der Waals surface area contributed by atoms with Crippen LogP contribution < -0.4 is 4.74 Å². The quantitative estimate of drug-likeness (QED) is 0.742. The topological polar surface area (TPSA) is 35.0 Å². The standard InChI is InChI=1S/C15H14Cl2N2O/c1-8-3-6-11(16)7-12(8)20-15-9(2)13(17)18-14(19-15)10-4-5-10/h3,6-7,10H,4-5H2,1-2H3. The van der Waals surface area contributed by atoms with Gasteiger partial charge in [0.05, 0.1) is 0 Å². The van der Waals surface area contributed by atoms with Gasteiger partial charge < -0.3 is 4.74 Å². The van der Waals surface area contributed by atoms with Crippen LogP contribution in [-0.4, -0.2) is 9.97 Å². The molecule has 1 heterocycles. The number of halogens is 2. The summed E-state index contributed by atoms with van der Waals surface area (Å²) in [4.78, 5) is 8.83. The molecule has 2 aromatic rings. The highest BCUT2D eigenvalue weighted by Crippen LogP contribution is 2.40. The summed E-state index contributed by atoms with van der Waals surface area (Å²) < 4.78 is 5.90. The molecule has 0 saturated heterocycles. The van der Waals surface area contributed by atoms with Gasteiger partial charge in [-0.05, 0) is 44.4 Å². The first-order chi connectivity index (χ1) is 9.54. The molecule has 1 fully saturated rings. The minimum atomic E-state index is 0.427. The molecular weight excluding hydrogens is 295 g/mol. The van der Waals surface area contributed by atoms with Gasteiger partial charge in [-0.1, -0.05) is 29.3 Å². The van der Waals surface area contributed by atoms with E-state index in [2.05, 4.69) is 9.97 Å². The minimum Gasteiger partial charge on any atom is -0.438 e. The molecule has 1 aromatic heterocycles. The van der Waals surface area contributed by atoms with Crippen LogP contribution in [0.1, 0.15) is 35.7 Å². The Hall–Kier alpha value is -1.32. The zero-order valence-corrected chi connectivity index (χ0v) is 12.8. The van der Waals surface area contributed by atoms with Gasteiger partial charge in [-0.3, -0.25) is 0 Å². The van der Waals surface area contributed by atoms with Gasteiger partial charge in [0.25, 0.3) is 0 Å². The monoisotopic (exact) mass is 308 g/mol. The Kier molecular flexibility index (Phi) is 3.57. The fraction of sp³-hybridized carbons (Fsp3) is 0.333. The third kappa shape index (κ3) is 2.74. The molecule has 20 heavy (non-hydrogen) atoms. The first-order valence-corrected chi connectivity index (χ1v) is 7.28. The molecule has 0 radical (unpaired) electrons. The van der Waals surface area contributed by atoms with E-state index in [1.165, 1.54) is 0 Å². The average molecular weight is 309 g/mol. The summed E-state index contributed by atoms with van der Waals surface area (Å²) in [6.07, 6.45) is 2.24. The number of ether oxygens (including phenoxy) is 1. The van der Waals surface area contributed by atoms with Gasteiger partial charge in [0, 0.05) is 16.5 Å². The Bertz CT molecular complexity index is 669. The van der Waals surface area contributed by atoms with E-state index in [4.69, 9.17) is 27.9 Å². The molecule has 1 aromatic carbocycles. The predicted molar refractivity (Wildman–Crippen MR) is 80.0 cm³/mol. The van der Waals surface area contributed by atoms with E-state index in [0.717, 1.165) is 29.8 Å². The molecule has 0 aliphatic heterocycles. The Balaban J connectivity index is 1.99. The van der Waals surface area contributed by atoms with E-state index in [1.807, 2.05) is 26.0 Å². The van der Waals surface area contributed by atoms with Crippen molar-refractivity contribution < 1.29 is 4.74 Å². The van der Waals surface area contributed by atoms with Crippen LogP contribution in [0.15, 0.2) is 18.2 Å². The summed E-state index contributed by atoms with van der Waals surface area (Å²) in [5, 5.41) is 1.09. The van der Waals surface area contributed by atoms with Crippen LogP contribution in [0.25, 0.3) is 0 Å². The van der Waals surface area contributed by atoms with Crippen LogP contribution in [-0.2, 0) is 0 Å². The van der Waals surface area contributed by atoms with Crippen LogP contribution in [0.4, 0.5) is 0 Å². The van der Waals surface area contributed by atoms with Crippen LogP contribution in [0.3, 0.4) is 0 Å². The first-order valence-electron chi connectivity index (χ1n) is 6.52. The Morgan fingerprint density at radius 2 is 1.90 bits per heavy atom. The second kappa shape index (κ2) is 5.23.